The van der Waals surface area contributed by atoms with Crippen molar-refractivity contribution < 1.29 is 18.3 Å². The fraction of sp³-hybridized carbons (Fsp3) is 0.538. The van der Waals surface area contributed by atoms with Gasteiger partial charge in [-0.05, 0) is 12.0 Å². The van der Waals surface area contributed by atoms with Crippen LogP contribution in [-0.2, 0) is 11.3 Å². The lowest BCUT2D eigenvalue weighted by molar-refractivity contribution is -0.0505. The lowest BCUT2D eigenvalue weighted by Crippen LogP contribution is -2.23. The van der Waals surface area contributed by atoms with E-state index in [9.17, 15) is 8.78 Å². The van der Waals surface area contributed by atoms with E-state index < -0.39 is 6.61 Å². The molecule has 0 aliphatic carbocycles. The first-order valence-electron chi connectivity index (χ1n) is 5.86. The van der Waals surface area contributed by atoms with E-state index in [1.165, 1.54) is 0 Å². The zero-order valence-corrected chi connectivity index (χ0v) is 10.7. The van der Waals surface area contributed by atoms with E-state index in [4.69, 9.17) is 4.74 Å². The van der Waals surface area contributed by atoms with E-state index in [1.807, 2.05) is 0 Å². The molecule has 0 fully saturated rings. The second kappa shape index (κ2) is 8.00. The van der Waals surface area contributed by atoms with Gasteiger partial charge < -0.3 is 14.8 Å². The molecule has 3 nitrogen and oxygen atoms in total. The number of rotatable bonds is 8. The molecule has 0 saturated carbocycles. The summed E-state index contributed by atoms with van der Waals surface area (Å²) in [6, 6.07) is 6.79. The van der Waals surface area contributed by atoms with Crippen molar-refractivity contribution in [1.82, 2.24) is 5.32 Å². The number of halogens is 2. The van der Waals surface area contributed by atoms with Crippen LogP contribution in [0.4, 0.5) is 8.78 Å². The highest BCUT2D eigenvalue weighted by Crippen LogP contribution is 2.19. The predicted molar refractivity (Wildman–Crippen MR) is 65.8 cm³/mol. The summed E-state index contributed by atoms with van der Waals surface area (Å²) >= 11 is 0. The van der Waals surface area contributed by atoms with Crippen molar-refractivity contribution in [2.75, 3.05) is 20.3 Å². The first-order chi connectivity index (χ1) is 8.63. The molecule has 0 spiro atoms. The van der Waals surface area contributed by atoms with Crippen molar-refractivity contribution in [1.29, 1.82) is 0 Å². The van der Waals surface area contributed by atoms with E-state index in [0.717, 1.165) is 12.1 Å². The van der Waals surface area contributed by atoms with Gasteiger partial charge in [-0.3, -0.25) is 0 Å². The smallest absolute Gasteiger partial charge is 0.387 e. The molecular weight excluding hydrogens is 240 g/mol. The first kappa shape index (κ1) is 14.9. The highest BCUT2D eigenvalue weighted by Gasteiger charge is 2.09. The van der Waals surface area contributed by atoms with E-state index in [2.05, 4.69) is 17.0 Å². The summed E-state index contributed by atoms with van der Waals surface area (Å²) in [4.78, 5) is 0. The number of hydrogen-bond donors (Lipinski definition) is 1. The van der Waals surface area contributed by atoms with Gasteiger partial charge in [0.15, 0.2) is 0 Å². The Hall–Kier alpha value is -1.20. The average Bonchev–Trinajstić information content (AvgIpc) is 2.31. The zero-order chi connectivity index (χ0) is 13.4. The second-order valence-electron chi connectivity index (χ2n) is 4.18. The monoisotopic (exact) mass is 259 g/mol. The molecule has 0 aliphatic rings. The lowest BCUT2D eigenvalue weighted by Gasteiger charge is -2.14. The fourth-order valence-corrected chi connectivity index (χ4v) is 1.66. The van der Waals surface area contributed by atoms with Crippen LogP contribution < -0.4 is 10.1 Å². The van der Waals surface area contributed by atoms with Gasteiger partial charge in [0.05, 0.1) is 0 Å². The molecule has 0 aliphatic heterocycles. The lowest BCUT2D eigenvalue weighted by atomic mass is 10.1. The summed E-state index contributed by atoms with van der Waals surface area (Å²) in [5, 5.41) is 3.20. The molecule has 5 heteroatoms. The first-order valence-corrected chi connectivity index (χ1v) is 5.86. The Morgan fingerprint density at radius 2 is 2.00 bits per heavy atom. The highest BCUT2D eigenvalue weighted by molar-refractivity contribution is 5.33. The van der Waals surface area contributed by atoms with Crippen molar-refractivity contribution in [3.8, 4) is 5.75 Å². The van der Waals surface area contributed by atoms with Crippen molar-refractivity contribution in [2.24, 2.45) is 5.92 Å². The highest BCUT2D eigenvalue weighted by atomic mass is 19.3. The van der Waals surface area contributed by atoms with Crippen LogP contribution in [0.2, 0.25) is 0 Å². The number of alkyl halides is 2. The Morgan fingerprint density at radius 3 is 2.67 bits per heavy atom. The molecule has 1 aromatic carbocycles. The third kappa shape index (κ3) is 5.42. The number of nitrogens with one attached hydrogen (secondary N) is 1. The van der Waals surface area contributed by atoms with Crippen molar-refractivity contribution >= 4 is 0 Å². The van der Waals surface area contributed by atoms with E-state index in [0.29, 0.717) is 19.1 Å². The van der Waals surface area contributed by atoms with Crippen LogP contribution in [0.1, 0.15) is 12.5 Å². The third-order valence-electron chi connectivity index (χ3n) is 2.45. The van der Waals surface area contributed by atoms with Gasteiger partial charge in [0.1, 0.15) is 5.75 Å². The van der Waals surface area contributed by atoms with E-state index in [1.54, 1.807) is 31.4 Å². The Balaban J connectivity index is 2.46. The van der Waals surface area contributed by atoms with Crippen LogP contribution in [0.25, 0.3) is 0 Å². The molecule has 1 rings (SSSR count). The number of ether oxygens (including phenoxy) is 2. The minimum atomic E-state index is -2.79. The summed E-state index contributed by atoms with van der Waals surface area (Å²) in [5.41, 5.74) is 0.724. The van der Waals surface area contributed by atoms with E-state index in [-0.39, 0.29) is 5.75 Å². The fourth-order valence-electron chi connectivity index (χ4n) is 1.66. The number of para-hydroxylation sites is 1. The Kier molecular flexibility index (Phi) is 6.60. The molecular formula is C13H19F2NO2. The summed E-state index contributed by atoms with van der Waals surface area (Å²) in [6.45, 7) is 1.19. The van der Waals surface area contributed by atoms with Crippen LogP contribution >= 0.6 is 0 Å². The standard InChI is InChI=1S/C13H19F2NO2/c1-10(9-17-2)7-16-8-11-5-3-4-6-12(11)18-13(14)15/h3-6,10,13,16H,7-9H2,1-2H3. The molecule has 1 unspecified atom stereocenters. The maximum absolute atomic E-state index is 12.2. The molecule has 102 valence electrons. The maximum Gasteiger partial charge on any atom is 0.387 e. The summed E-state index contributed by atoms with van der Waals surface area (Å²) < 4.78 is 33.9. The molecule has 0 bridgehead atoms. The molecule has 0 heterocycles. The van der Waals surface area contributed by atoms with Crippen LogP contribution in [-0.4, -0.2) is 26.9 Å². The van der Waals surface area contributed by atoms with Crippen LogP contribution in [0.3, 0.4) is 0 Å². The van der Waals surface area contributed by atoms with Crippen LogP contribution in [0.5, 0.6) is 5.75 Å². The van der Waals surface area contributed by atoms with Gasteiger partial charge in [-0.1, -0.05) is 25.1 Å². The summed E-state index contributed by atoms with van der Waals surface area (Å²) in [7, 11) is 1.66. The summed E-state index contributed by atoms with van der Waals surface area (Å²) in [6.07, 6.45) is 0. The summed E-state index contributed by atoms with van der Waals surface area (Å²) in [5.74, 6) is 0.595. The van der Waals surface area contributed by atoms with Crippen LogP contribution in [0, 0.1) is 5.92 Å². The van der Waals surface area contributed by atoms with Crippen molar-refractivity contribution in [2.45, 2.75) is 20.1 Å². The van der Waals surface area contributed by atoms with Crippen LogP contribution in [0.15, 0.2) is 24.3 Å². The van der Waals surface area contributed by atoms with Gasteiger partial charge in [0, 0.05) is 32.4 Å². The quantitative estimate of drug-likeness (QED) is 0.778. The maximum atomic E-state index is 12.2. The normalized spacial score (nSPS) is 12.7. The van der Waals surface area contributed by atoms with E-state index >= 15 is 0 Å². The van der Waals surface area contributed by atoms with Gasteiger partial charge in [-0.2, -0.15) is 8.78 Å². The number of hydrogen-bond acceptors (Lipinski definition) is 3. The zero-order valence-electron chi connectivity index (χ0n) is 10.7. The van der Waals surface area contributed by atoms with Gasteiger partial charge in [0.25, 0.3) is 0 Å². The number of benzene rings is 1. The SMILES string of the molecule is COCC(C)CNCc1ccccc1OC(F)F. The molecule has 18 heavy (non-hydrogen) atoms. The van der Waals surface area contributed by atoms with Crippen molar-refractivity contribution in [3.63, 3.8) is 0 Å². The topological polar surface area (TPSA) is 30.5 Å². The Bertz CT molecular complexity index is 348. The molecule has 0 radical (unpaired) electrons. The minimum absolute atomic E-state index is 0.222. The Morgan fingerprint density at radius 1 is 1.28 bits per heavy atom. The Labute approximate surface area is 106 Å². The predicted octanol–water partition coefficient (Wildman–Crippen LogP) is 2.66. The molecule has 1 N–H and O–H groups in total. The number of methoxy groups -OCH3 is 1. The molecule has 1 aromatic rings. The molecule has 1 atom stereocenters. The van der Waals surface area contributed by atoms with Crippen molar-refractivity contribution in [3.05, 3.63) is 29.8 Å². The van der Waals surface area contributed by atoms with Gasteiger partial charge in [0.2, 0.25) is 0 Å². The average molecular weight is 259 g/mol. The van der Waals surface area contributed by atoms with Gasteiger partial charge in [-0.25, -0.2) is 0 Å². The largest absolute Gasteiger partial charge is 0.434 e. The third-order valence-corrected chi connectivity index (χ3v) is 2.45. The molecule has 0 saturated heterocycles. The molecule has 0 aromatic heterocycles. The van der Waals surface area contributed by atoms with Gasteiger partial charge >= 0.3 is 6.61 Å². The molecule has 0 amide bonds. The van der Waals surface area contributed by atoms with Gasteiger partial charge in [-0.15, -0.1) is 0 Å². The second-order valence-corrected chi connectivity index (χ2v) is 4.18. The minimum Gasteiger partial charge on any atom is -0.434 e.